The van der Waals surface area contributed by atoms with E-state index >= 15 is 0 Å². The second-order valence-corrected chi connectivity index (χ2v) is 17.0. The molecule has 5 rings (SSSR count). The second kappa shape index (κ2) is 14.4. The Balaban J connectivity index is 1.44. The fourth-order valence-electron chi connectivity index (χ4n) is 6.40. The van der Waals surface area contributed by atoms with E-state index in [0.29, 0.717) is 24.5 Å². The van der Waals surface area contributed by atoms with Crippen molar-refractivity contribution < 1.29 is 14.3 Å². The number of hydrogen-bond acceptors (Lipinski definition) is 8. The Hall–Kier alpha value is -4.25. The van der Waals surface area contributed by atoms with Crippen LogP contribution in [0.1, 0.15) is 58.1 Å². The number of hydrogen-bond donors (Lipinski definition) is 3. The molecule has 5 aromatic rings. The second-order valence-electron chi connectivity index (χ2n) is 12.7. The van der Waals surface area contributed by atoms with Gasteiger partial charge in [0.2, 0.25) is 5.95 Å². The van der Waals surface area contributed by atoms with E-state index < -0.39 is 8.32 Å². The van der Waals surface area contributed by atoms with Gasteiger partial charge in [-0.3, -0.25) is 4.68 Å². The van der Waals surface area contributed by atoms with E-state index in [1.54, 1.807) is 13.3 Å². The summed E-state index contributed by atoms with van der Waals surface area (Å²) in [6.45, 7) is 10.0. The van der Waals surface area contributed by atoms with Crippen LogP contribution >= 0.6 is 0 Å². The fraction of sp³-hybridized carbons (Fsp3) is 0.361. The molecule has 1 atom stereocenters. The monoisotopic (exact) mass is 638 g/mol. The highest BCUT2D eigenvalue weighted by molar-refractivity contribution is 6.99. The number of anilines is 2. The van der Waals surface area contributed by atoms with Gasteiger partial charge < -0.3 is 25.3 Å². The van der Waals surface area contributed by atoms with E-state index in [2.05, 4.69) is 109 Å². The topological polar surface area (TPSA) is 120 Å². The van der Waals surface area contributed by atoms with Crippen LogP contribution in [0.25, 0.3) is 11.0 Å². The van der Waals surface area contributed by atoms with Crippen molar-refractivity contribution in [3.05, 3.63) is 96.2 Å². The van der Waals surface area contributed by atoms with E-state index in [1.807, 2.05) is 22.9 Å². The first-order valence-electron chi connectivity index (χ1n) is 16.0. The van der Waals surface area contributed by atoms with Crippen LogP contribution in [0.3, 0.4) is 0 Å². The maximum atomic E-state index is 9.73. The van der Waals surface area contributed by atoms with Crippen LogP contribution < -0.4 is 26.2 Å². The van der Waals surface area contributed by atoms with Gasteiger partial charge in [0.05, 0.1) is 26.5 Å². The summed E-state index contributed by atoms with van der Waals surface area (Å²) in [4.78, 5) is 9.13. The summed E-state index contributed by atoms with van der Waals surface area (Å²) in [5, 5.41) is 20.5. The maximum Gasteiger partial charge on any atom is 0.261 e. The molecule has 2 heterocycles. The molecule has 0 aliphatic rings. The smallest absolute Gasteiger partial charge is 0.261 e. The minimum Gasteiger partial charge on any atom is -0.496 e. The molecule has 9 nitrogen and oxygen atoms in total. The van der Waals surface area contributed by atoms with Crippen LogP contribution in [0.2, 0.25) is 5.04 Å². The van der Waals surface area contributed by atoms with Crippen molar-refractivity contribution in [1.29, 1.82) is 0 Å². The molecule has 0 fully saturated rings. The van der Waals surface area contributed by atoms with Crippen molar-refractivity contribution in [2.75, 3.05) is 24.8 Å². The molecule has 46 heavy (non-hydrogen) atoms. The Bertz CT molecular complexity index is 1680. The van der Waals surface area contributed by atoms with Crippen LogP contribution in [0.15, 0.2) is 85.1 Å². The Morgan fingerprint density at radius 1 is 0.957 bits per heavy atom. The average molecular weight is 639 g/mol. The zero-order chi connectivity index (χ0) is 32.7. The Kier molecular flexibility index (Phi) is 10.4. The van der Waals surface area contributed by atoms with Gasteiger partial charge in [0.1, 0.15) is 16.8 Å². The van der Waals surface area contributed by atoms with Crippen LogP contribution in [-0.2, 0) is 17.6 Å². The molecule has 0 aliphatic carbocycles. The molecule has 3 aromatic carbocycles. The van der Waals surface area contributed by atoms with Crippen LogP contribution in [0, 0.1) is 0 Å². The number of aliphatic hydroxyl groups is 1. The zero-order valence-electron chi connectivity index (χ0n) is 27.5. The van der Waals surface area contributed by atoms with E-state index in [9.17, 15) is 5.11 Å². The van der Waals surface area contributed by atoms with E-state index in [4.69, 9.17) is 14.9 Å². The van der Waals surface area contributed by atoms with Crippen molar-refractivity contribution >= 4 is 41.5 Å². The summed E-state index contributed by atoms with van der Waals surface area (Å²) >= 11 is 0. The van der Waals surface area contributed by atoms with Crippen LogP contribution in [-0.4, -0.2) is 52.9 Å². The molecule has 1 unspecified atom stereocenters. The van der Waals surface area contributed by atoms with E-state index in [1.165, 1.54) is 10.4 Å². The SMILES string of the molecule is CCCC(CCO[Si](c1ccccc1)(c1ccccc1)C(C)(C)C)Nc1nc(N)nc2cnn(Cc3cc(CO)ccc3OC)c12. The lowest BCUT2D eigenvalue weighted by atomic mass is 10.1. The van der Waals surface area contributed by atoms with Crippen LogP contribution in [0.4, 0.5) is 11.8 Å². The number of aromatic nitrogens is 4. The van der Waals surface area contributed by atoms with E-state index in [-0.39, 0.29) is 23.6 Å². The molecule has 0 spiro atoms. The summed E-state index contributed by atoms with van der Waals surface area (Å²) in [5.74, 6) is 1.55. The standard InChI is InChI=1S/C36H46N6O3Si/c1-6-13-28(20-21-45-46(36(2,3)4,29-14-9-7-10-15-29)30-16-11-8-12-17-30)39-34-33-31(40-35(37)41-34)23-38-42(33)24-27-22-26(25-43)18-19-32(27)44-5/h7-12,14-19,22-23,28,43H,6,13,20-21,24-25H2,1-5H3,(H3,37,39,40,41). The summed E-state index contributed by atoms with van der Waals surface area (Å²) in [5.41, 5.74) is 9.30. The van der Waals surface area contributed by atoms with Crippen molar-refractivity contribution in [3.63, 3.8) is 0 Å². The van der Waals surface area contributed by atoms with Gasteiger partial charge in [0.25, 0.3) is 8.32 Å². The molecule has 10 heteroatoms. The normalized spacial score (nSPS) is 12.7. The van der Waals surface area contributed by atoms with Crippen molar-refractivity contribution in [2.24, 2.45) is 0 Å². The molecule has 0 amide bonds. The number of aliphatic hydroxyl groups excluding tert-OH is 1. The molecule has 0 saturated heterocycles. The van der Waals surface area contributed by atoms with Gasteiger partial charge in [0.15, 0.2) is 5.82 Å². The number of nitrogens with two attached hydrogens (primary N) is 1. The van der Waals surface area contributed by atoms with Gasteiger partial charge in [0, 0.05) is 18.2 Å². The maximum absolute atomic E-state index is 9.73. The van der Waals surface area contributed by atoms with Gasteiger partial charge in [-0.25, -0.2) is 4.98 Å². The molecule has 2 aromatic heterocycles. The summed E-state index contributed by atoms with van der Waals surface area (Å²) in [7, 11) is -1.02. The highest BCUT2D eigenvalue weighted by Crippen LogP contribution is 2.37. The average Bonchev–Trinajstić information content (AvgIpc) is 3.45. The number of methoxy groups -OCH3 is 1. The molecule has 4 N–H and O–H groups in total. The summed E-state index contributed by atoms with van der Waals surface area (Å²) in [6.07, 6.45) is 4.41. The minimum absolute atomic E-state index is 0.0576. The first kappa shape index (κ1) is 33.1. The molecule has 242 valence electrons. The molecule has 0 saturated carbocycles. The number of fused-ring (bicyclic) bond motifs is 1. The number of nitrogens with one attached hydrogen (secondary N) is 1. The fourth-order valence-corrected chi connectivity index (χ4v) is 11.0. The van der Waals surface area contributed by atoms with Crippen molar-refractivity contribution in [3.8, 4) is 5.75 Å². The molecule has 0 aliphatic heterocycles. The minimum atomic E-state index is -2.66. The van der Waals surface area contributed by atoms with Gasteiger partial charge in [-0.2, -0.15) is 10.1 Å². The van der Waals surface area contributed by atoms with Crippen molar-refractivity contribution in [1.82, 2.24) is 19.7 Å². The van der Waals surface area contributed by atoms with Crippen LogP contribution in [0.5, 0.6) is 5.75 Å². The third-order valence-corrected chi connectivity index (χ3v) is 13.6. The largest absolute Gasteiger partial charge is 0.496 e. The lowest BCUT2D eigenvalue weighted by Crippen LogP contribution is -2.66. The number of nitrogens with zero attached hydrogens (tertiary/aromatic N) is 4. The predicted octanol–water partition coefficient (Wildman–Crippen LogP) is 5.51. The lowest BCUT2D eigenvalue weighted by molar-refractivity contribution is 0.281. The summed E-state index contributed by atoms with van der Waals surface area (Å²) in [6, 6.07) is 27.2. The lowest BCUT2D eigenvalue weighted by Gasteiger charge is -2.43. The zero-order valence-corrected chi connectivity index (χ0v) is 28.5. The molecule has 0 radical (unpaired) electrons. The third kappa shape index (κ3) is 6.94. The molecular formula is C36H46N6O3Si. The Labute approximate surface area is 272 Å². The summed E-state index contributed by atoms with van der Waals surface area (Å²) < 4.78 is 14.7. The molecular weight excluding hydrogens is 593 g/mol. The predicted molar refractivity (Wildman–Crippen MR) is 188 cm³/mol. The number of benzene rings is 3. The third-order valence-electron chi connectivity index (χ3n) is 8.53. The van der Waals surface area contributed by atoms with Gasteiger partial charge >= 0.3 is 0 Å². The number of rotatable bonds is 14. The highest BCUT2D eigenvalue weighted by atomic mass is 28.4. The van der Waals surface area contributed by atoms with Gasteiger partial charge in [-0.1, -0.05) is 101 Å². The highest BCUT2D eigenvalue weighted by Gasteiger charge is 2.50. The van der Waals surface area contributed by atoms with E-state index in [0.717, 1.165) is 41.7 Å². The first-order chi connectivity index (χ1) is 22.2. The van der Waals surface area contributed by atoms with Gasteiger partial charge in [-0.05, 0) is 45.9 Å². The number of ether oxygens (including phenoxy) is 1. The quantitative estimate of drug-likeness (QED) is 0.136. The van der Waals surface area contributed by atoms with Crippen molar-refractivity contribution in [2.45, 2.75) is 71.2 Å². The van der Waals surface area contributed by atoms with Gasteiger partial charge in [-0.15, -0.1) is 0 Å². The first-order valence-corrected chi connectivity index (χ1v) is 17.9. The molecule has 0 bridgehead atoms. The number of nitrogen functional groups attached to an aromatic ring is 1. The Morgan fingerprint density at radius 2 is 1.63 bits per heavy atom. The Morgan fingerprint density at radius 3 is 2.22 bits per heavy atom.